The minimum atomic E-state index is 1.04. The van der Waals surface area contributed by atoms with Crippen LogP contribution in [0.1, 0.15) is 44.6 Å². The summed E-state index contributed by atoms with van der Waals surface area (Å²) in [4.78, 5) is 0. The van der Waals surface area contributed by atoms with E-state index < -0.39 is 0 Å². The van der Waals surface area contributed by atoms with E-state index in [1.54, 1.807) is 0 Å². The first-order valence-electron chi connectivity index (χ1n) is 5.81. The van der Waals surface area contributed by atoms with E-state index in [2.05, 4.69) is 30.3 Å². The maximum Gasteiger partial charge on any atom is 0.0607 e. The fourth-order valence-electron chi connectivity index (χ4n) is 1.70. The normalized spacial score (nSPS) is 10.9. The van der Waals surface area contributed by atoms with E-state index >= 15 is 0 Å². The number of unbranched alkanes of at least 4 members (excludes halogenated alkanes) is 3. The van der Waals surface area contributed by atoms with Gasteiger partial charge in [0, 0.05) is 0 Å². The van der Waals surface area contributed by atoms with Crippen LogP contribution in [0.25, 0.3) is 0 Å². The number of hydrogen-bond donors (Lipinski definition) is 0. The predicted octanol–water partition coefficient (Wildman–Crippen LogP) is 4.97. The summed E-state index contributed by atoms with van der Waals surface area (Å²) in [6.45, 7) is 1.99. The van der Waals surface area contributed by atoms with Crippen molar-refractivity contribution in [2.45, 2.75) is 45.4 Å². The Balaban J connectivity index is 1.98. The van der Waals surface area contributed by atoms with Gasteiger partial charge in [-0.25, -0.2) is 0 Å². The van der Waals surface area contributed by atoms with Crippen molar-refractivity contribution in [1.82, 2.24) is 0 Å². The number of aryl methyl sites for hydroxylation is 1. The molecule has 1 aromatic carbocycles. The Hall–Kier alpha value is -0.490. The van der Waals surface area contributed by atoms with E-state index in [9.17, 15) is 0 Å². The van der Waals surface area contributed by atoms with Crippen molar-refractivity contribution in [3.8, 4) is 0 Å². The molecule has 0 saturated carbocycles. The summed E-state index contributed by atoms with van der Waals surface area (Å²) in [5, 5.41) is 1.04. The molecule has 1 rings (SSSR count). The Bertz CT molecular complexity index is 241. The molecule has 0 saturated heterocycles. The highest BCUT2D eigenvalue weighted by molar-refractivity contribution is 6.26. The van der Waals surface area contributed by atoms with Crippen molar-refractivity contribution in [3.63, 3.8) is 0 Å². The molecule has 15 heavy (non-hydrogen) atoms. The zero-order valence-electron chi connectivity index (χ0n) is 9.51. The summed E-state index contributed by atoms with van der Waals surface area (Å²) < 4.78 is 0. The van der Waals surface area contributed by atoms with Crippen LogP contribution in [0.4, 0.5) is 0 Å². The van der Waals surface area contributed by atoms with Crippen molar-refractivity contribution in [2.75, 3.05) is 0 Å². The van der Waals surface area contributed by atoms with Crippen LogP contribution in [0.2, 0.25) is 0 Å². The van der Waals surface area contributed by atoms with Gasteiger partial charge in [-0.2, -0.15) is 0 Å². The van der Waals surface area contributed by atoms with E-state index in [-0.39, 0.29) is 0 Å². The molecule has 0 heterocycles. The molecule has 0 fully saturated rings. The van der Waals surface area contributed by atoms with Gasteiger partial charge in [0.15, 0.2) is 0 Å². The van der Waals surface area contributed by atoms with Gasteiger partial charge in [0.1, 0.15) is 0 Å². The number of benzene rings is 1. The van der Waals surface area contributed by atoms with Gasteiger partial charge in [-0.05, 0) is 31.7 Å². The van der Waals surface area contributed by atoms with Crippen LogP contribution in [-0.2, 0) is 6.42 Å². The number of rotatable bonds is 7. The molecule has 0 aliphatic carbocycles. The molecule has 0 aliphatic rings. The summed E-state index contributed by atoms with van der Waals surface area (Å²) >= 11 is 5.80. The monoisotopic (exact) mass is 223 g/mol. The third kappa shape index (κ3) is 6.57. The molecule has 83 valence electrons. The Labute approximate surface area is 98.7 Å². The van der Waals surface area contributed by atoms with Crippen molar-refractivity contribution < 1.29 is 0 Å². The van der Waals surface area contributed by atoms with Gasteiger partial charge in [-0.1, -0.05) is 49.6 Å². The van der Waals surface area contributed by atoms with Gasteiger partial charge in [-0.15, -0.1) is 11.6 Å². The highest BCUT2D eigenvalue weighted by Crippen LogP contribution is 2.16. The molecular weight excluding hydrogens is 204 g/mol. The van der Waals surface area contributed by atoms with Gasteiger partial charge < -0.3 is 0 Å². The molecule has 0 aromatic heterocycles. The van der Waals surface area contributed by atoms with E-state index in [0.717, 1.165) is 11.8 Å². The van der Waals surface area contributed by atoms with E-state index in [4.69, 9.17) is 11.6 Å². The van der Waals surface area contributed by atoms with E-state index in [0.29, 0.717) is 0 Å². The lowest BCUT2D eigenvalue weighted by atomic mass is 10.1. The summed E-state index contributed by atoms with van der Waals surface area (Å²) in [6, 6.07) is 10.7. The maximum absolute atomic E-state index is 5.80. The Morgan fingerprint density at radius 1 is 1.00 bits per heavy atom. The molecule has 0 unspecified atom stereocenters. The van der Waals surface area contributed by atoms with E-state index in [1.165, 1.54) is 37.7 Å². The second kappa shape index (κ2) is 7.76. The molecule has 0 bridgehead atoms. The van der Waals surface area contributed by atoms with Crippen molar-refractivity contribution in [3.05, 3.63) is 41.3 Å². The maximum atomic E-state index is 5.80. The van der Waals surface area contributed by atoms with Crippen LogP contribution >= 0.6 is 11.6 Å². The smallest absolute Gasteiger partial charge is 0.0607 e. The second-order valence-electron chi connectivity index (χ2n) is 4.08. The van der Waals surface area contributed by atoms with Crippen LogP contribution < -0.4 is 0 Å². The minimum absolute atomic E-state index is 1.04. The standard InChI is InChI=1S/C14H20Cl/c1-13(15)9-5-2-3-6-10-14-11-7-4-8-12-14/h4,7-8,11-12H,2-3,5-6,9-10H2,1H3. The zero-order valence-corrected chi connectivity index (χ0v) is 10.3. The van der Waals surface area contributed by atoms with Gasteiger partial charge in [0.2, 0.25) is 0 Å². The topological polar surface area (TPSA) is 0 Å². The second-order valence-corrected chi connectivity index (χ2v) is 4.72. The molecule has 0 atom stereocenters. The number of hydrogen-bond acceptors (Lipinski definition) is 0. The van der Waals surface area contributed by atoms with Gasteiger partial charge in [0.25, 0.3) is 0 Å². The van der Waals surface area contributed by atoms with Crippen molar-refractivity contribution in [2.24, 2.45) is 0 Å². The predicted molar refractivity (Wildman–Crippen MR) is 68.0 cm³/mol. The minimum Gasteiger partial charge on any atom is -0.118 e. The third-order valence-corrected chi connectivity index (χ3v) is 2.77. The van der Waals surface area contributed by atoms with Crippen LogP contribution in [0.15, 0.2) is 30.3 Å². The molecule has 0 amide bonds. The fraction of sp³-hybridized carbons (Fsp3) is 0.500. The average Bonchev–Trinajstić information content (AvgIpc) is 2.24. The summed E-state index contributed by atoms with van der Waals surface area (Å²) in [6.07, 6.45) is 7.45. The lowest BCUT2D eigenvalue weighted by Crippen LogP contribution is -1.86. The zero-order chi connectivity index (χ0) is 10.9. The third-order valence-electron chi connectivity index (χ3n) is 2.58. The summed E-state index contributed by atoms with van der Waals surface area (Å²) in [7, 11) is 0. The summed E-state index contributed by atoms with van der Waals surface area (Å²) in [5.41, 5.74) is 1.46. The first-order valence-corrected chi connectivity index (χ1v) is 6.18. The van der Waals surface area contributed by atoms with E-state index in [1.807, 2.05) is 6.92 Å². The molecule has 1 aromatic rings. The largest absolute Gasteiger partial charge is 0.118 e. The van der Waals surface area contributed by atoms with Gasteiger partial charge >= 0.3 is 0 Å². The first-order chi connectivity index (χ1) is 7.29. The highest BCUT2D eigenvalue weighted by Gasteiger charge is 1.97. The molecule has 0 N–H and O–H groups in total. The fourth-order valence-corrected chi connectivity index (χ4v) is 1.83. The molecule has 1 heteroatoms. The van der Waals surface area contributed by atoms with Crippen LogP contribution in [0.5, 0.6) is 0 Å². The summed E-state index contributed by atoms with van der Waals surface area (Å²) in [5.74, 6) is 0. The lowest BCUT2D eigenvalue weighted by Gasteiger charge is -2.03. The Morgan fingerprint density at radius 3 is 2.33 bits per heavy atom. The van der Waals surface area contributed by atoms with Crippen LogP contribution in [0, 0.1) is 5.38 Å². The van der Waals surface area contributed by atoms with Crippen molar-refractivity contribution >= 4 is 11.6 Å². The number of halogens is 1. The Morgan fingerprint density at radius 2 is 1.67 bits per heavy atom. The molecular formula is C14H20Cl. The first kappa shape index (κ1) is 12.6. The Kier molecular flexibility index (Phi) is 6.50. The molecule has 1 radical (unpaired) electrons. The van der Waals surface area contributed by atoms with Crippen molar-refractivity contribution in [1.29, 1.82) is 0 Å². The molecule has 0 nitrogen and oxygen atoms in total. The van der Waals surface area contributed by atoms with Crippen LogP contribution in [0.3, 0.4) is 0 Å². The average molecular weight is 224 g/mol. The molecule has 0 aliphatic heterocycles. The van der Waals surface area contributed by atoms with Gasteiger partial charge in [-0.3, -0.25) is 0 Å². The highest BCUT2D eigenvalue weighted by atomic mass is 35.5. The van der Waals surface area contributed by atoms with Gasteiger partial charge in [0.05, 0.1) is 5.38 Å². The quantitative estimate of drug-likeness (QED) is 0.573. The lowest BCUT2D eigenvalue weighted by molar-refractivity contribution is 0.632. The SMILES string of the molecule is C[C](Cl)CCCCCCc1ccccc1. The van der Waals surface area contributed by atoms with Crippen LogP contribution in [-0.4, -0.2) is 0 Å². The molecule has 0 spiro atoms.